The molecular weight excluding hydrogens is 272 g/mol. The Hall–Kier alpha value is -2.81. The quantitative estimate of drug-likeness (QED) is 0.764. The van der Waals surface area contributed by atoms with Gasteiger partial charge in [-0.25, -0.2) is 0 Å². The third-order valence-electron chi connectivity index (χ3n) is 3.66. The minimum atomic E-state index is -0.0917. The van der Waals surface area contributed by atoms with E-state index >= 15 is 0 Å². The molecule has 1 aromatic heterocycles. The fourth-order valence-corrected chi connectivity index (χ4v) is 2.44. The van der Waals surface area contributed by atoms with Gasteiger partial charge in [-0.15, -0.1) is 0 Å². The van der Waals surface area contributed by atoms with E-state index in [4.69, 9.17) is 0 Å². The van der Waals surface area contributed by atoms with Gasteiger partial charge in [0.1, 0.15) is 0 Å². The van der Waals surface area contributed by atoms with E-state index in [9.17, 15) is 4.79 Å². The van der Waals surface area contributed by atoms with Gasteiger partial charge < -0.3 is 9.88 Å². The summed E-state index contributed by atoms with van der Waals surface area (Å²) in [6.07, 6.45) is 3.95. The zero-order valence-corrected chi connectivity index (χ0v) is 12.7. The summed E-state index contributed by atoms with van der Waals surface area (Å²) in [5.74, 6) is -0.0917. The highest BCUT2D eigenvalue weighted by Gasteiger charge is 2.08. The Labute approximate surface area is 130 Å². The summed E-state index contributed by atoms with van der Waals surface area (Å²) >= 11 is 0. The summed E-state index contributed by atoms with van der Waals surface area (Å²) in [6, 6.07) is 17.5. The average molecular weight is 290 g/mol. The Bertz CT molecular complexity index is 787. The van der Waals surface area contributed by atoms with Crippen LogP contribution in [0.25, 0.3) is 5.69 Å². The molecule has 3 heteroatoms. The first kappa shape index (κ1) is 14.1. The van der Waals surface area contributed by atoms with Crippen molar-refractivity contribution in [1.82, 2.24) is 4.57 Å². The molecule has 0 atom stereocenters. The van der Waals surface area contributed by atoms with Crippen molar-refractivity contribution in [2.24, 2.45) is 0 Å². The Morgan fingerprint density at radius 3 is 2.27 bits per heavy atom. The topological polar surface area (TPSA) is 34.0 Å². The smallest absolute Gasteiger partial charge is 0.255 e. The molecule has 1 N–H and O–H groups in total. The standard InChI is InChI=1S/C19H18N2O/c1-14-5-10-18(15(2)13-14)20-19(22)16-6-8-17(9-7-16)21-11-3-4-12-21/h3-13H,1-2H3,(H,20,22). The molecule has 3 aromatic rings. The van der Waals surface area contributed by atoms with Crippen LogP contribution in [0.1, 0.15) is 21.5 Å². The van der Waals surface area contributed by atoms with Crippen LogP contribution in [0.15, 0.2) is 67.0 Å². The molecule has 22 heavy (non-hydrogen) atoms. The molecule has 0 radical (unpaired) electrons. The predicted molar refractivity (Wildman–Crippen MR) is 89.6 cm³/mol. The first-order valence-corrected chi connectivity index (χ1v) is 7.25. The number of anilines is 1. The molecule has 0 bridgehead atoms. The van der Waals surface area contributed by atoms with Gasteiger partial charge in [-0.2, -0.15) is 0 Å². The van der Waals surface area contributed by atoms with Gasteiger partial charge in [0.2, 0.25) is 0 Å². The van der Waals surface area contributed by atoms with E-state index in [0.717, 1.165) is 16.9 Å². The van der Waals surface area contributed by atoms with E-state index in [1.165, 1.54) is 5.56 Å². The lowest BCUT2D eigenvalue weighted by atomic mass is 10.1. The van der Waals surface area contributed by atoms with Gasteiger partial charge in [-0.05, 0) is 61.9 Å². The molecule has 1 heterocycles. The maximum absolute atomic E-state index is 12.3. The maximum atomic E-state index is 12.3. The number of amides is 1. The molecule has 0 saturated carbocycles. The number of nitrogens with one attached hydrogen (secondary N) is 1. The molecular formula is C19H18N2O. The second-order valence-corrected chi connectivity index (χ2v) is 5.41. The number of carbonyl (C=O) groups is 1. The predicted octanol–water partition coefficient (Wildman–Crippen LogP) is 4.35. The molecule has 0 spiro atoms. The number of hydrogen-bond acceptors (Lipinski definition) is 1. The van der Waals surface area contributed by atoms with Crippen LogP contribution in [0.5, 0.6) is 0 Å². The number of carbonyl (C=O) groups excluding carboxylic acids is 1. The van der Waals surface area contributed by atoms with Gasteiger partial charge >= 0.3 is 0 Å². The molecule has 3 nitrogen and oxygen atoms in total. The van der Waals surface area contributed by atoms with E-state index in [-0.39, 0.29) is 5.91 Å². The van der Waals surface area contributed by atoms with Crippen molar-refractivity contribution in [2.75, 3.05) is 5.32 Å². The highest BCUT2D eigenvalue weighted by atomic mass is 16.1. The summed E-state index contributed by atoms with van der Waals surface area (Å²) in [7, 11) is 0. The zero-order valence-electron chi connectivity index (χ0n) is 12.7. The second kappa shape index (κ2) is 5.90. The summed E-state index contributed by atoms with van der Waals surface area (Å²) in [4.78, 5) is 12.3. The minimum absolute atomic E-state index is 0.0917. The Kier molecular flexibility index (Phi) is 3.79. The van der Waals surface area contributed by atoms with Crippen LogP contribution in [0.2, 0.25) is 0 Å². The van der Waals surface area contributed by atoms with E-state index in [1.807, 2.05) is 79.3 Å². The van der Waals surface area contributed by atoms with Crippen molar-refractivity contribution in [3.8, 4) is 5.69 Å². The molecule has 1 amide bonds. The summed E-state index contributed by atoms with van der Waals surface area (Å²) in [5, 5.41) is 2.96. The highest BCUT2D eigenvalue weighted by molar-refractivity contribution is 6.04. The average Bonchev–Trinajstić information content (AvgIpc) is 3.04. The lowest BCUT2D eigenvalue weighted by Crippen LogP contribution is -2.12. The second-order valence-electron chi connectivity index (χ2n) is 5.41. The van der Waals surface area contributed by atoms with Crippen molar-refractivity contribution in [3.05, 3.63) is 83.7 Å². The molecule has 110 valence electrons. The molecule has 0 aliphatic rings. The van der Waals surface area contributed by atoms with Crippen LogP contribution in [0.3, 0.4) is 0 Å². The van der Waals surface area contributed by atoms with Gasteiger partial charge in [0.25, 0.3) is 5.91 Å². The molecule has 2 aromatic carbocycles. The van der Waals surface area contributed by atoms with E-state index < -0.39 is 0 Å². The first-order chi connectivity index (χ1) is 10.6. The molecule has 0 fully saturated rings. The molecule has 0 aliphatic carbocycles. The lowest BCUT2D eigenvalue weighted by molar-refractivity contribution is 0.102. The van der Waals surface area contributed by atoms with Gasteiger partial charge in [-0.1, -0.05) is 17.7 Å². The van der Waals surface area contributed by atoms with Gasteiger partial charge in [0, 0.05) is 29.3 Å². The molecule has 0 saturated heterocycles. The van der Waals surface area contributed by atoms with Crippen molar-refractivity contribution in [2.45, 2.75) is 13.8 Å². The Balaban J connectivity index is 1.77. The monoisotopic (exact) mass is 290 g/mol. The summed E-state index contributed by atoms with van der Waals surface area (Å²) in [5.41, 5.74) is 4.79. The van der Waals surface area contributed by atoms with Gasteiger partial charge in [-0.3, -0.25) is 4.79 Å². The van der Waals surface area contributed by atoms with Crippen LogP contribution in [-0.4, -0.2) is 10.5 Å². The number of hydrogen-bond donors (Lipinski definition) is 1. The van der Waals surface area contributed by atoms with Gasteiger partial charge in [0.05, 0.1) is 0 Å². The minimum Gasteiger partial charge on any atom is -0.324 e. The fourth-order valence-electron chi connectivity index (χ4n) is 2.44. The third-order valence-corrected chi connectivity index (χ3v) is 3.66. The first-order valence-electron chi connectivity index (χ1n) is 7.25. The Morgan fingerprint density at radius 1 is 0.955 bits per heavy atom. The highest BCUT2D eigenvalue weighted by Crippen LogP contribution is 2.17. The van der Waals surface area contributed by atoms with Crippen LogP contribution in [0, 0.1) is 13.8 Å². The summed E-state index contributed by atoms with van der Waals surface area (Å²) < 4.78 is 2.01. The lowest BCUT2D eigenvalue weighted by Gasteiger charge is -2.10. The van der Waals surface area contributed by atoms with Crippen molar-refractivity contribution >= 4 is 11.6 Å². The van der Waals surface area contributed by atoms with Crippen LogP contribution >= 0.6 is 0 Å². The van der Waals surface area contributed by atoms with E-state index in [1.54, 1.807) is 0 Å². The van der Waals surface area contributed by atoms with Crippen LogP contribution in [-0.2, 0) is 0 Å². The molecule has 0 aliphatic heterocycles. The SMILES string of the molecule is Cc1ccc(NC(=O)c2ccc(-n3cccc3)cc2)c(C)c1. The number of nitrogens with zero attached hydrogens (tertiary/aromatic N) is 1. The fraction of sp³-hybridized carbons (Fsp3) is 0.105. The van der Waals surface area contributed by atoms with Crippen LogP contribution in [0.4, 0.5) is 5.69 Å². The van der Waals surface area contributed by atoms with Crippen molar-refractivity contribution in [1.29, 1.82) is 0 Å². The van der Waals surface area contributed by atoms with Crippen molar-refractivity contribution in [3.63, 3.8) is 0 Å². The number of aromatic nitrogens is 1. The number of rotatable bonds is 3. The number of benzene rings is 2. The Morgan fingerprint density at radius 2 is 1.64 bits per heavy atom. The van der Waals surface area contributed by atoms with Gasteiger partial charge in [0.15, 0.2) is 0 Å². The third kappa shape index (κ3) is 2.93. The van der Waals surface area contributed by atoms with Crippen molar-refractivity contribution < 1.29 is 4.79 Å². The molecule has 0 unspecified atom stereocenters. The van der Waals surface area contributed by atoms with E-state index in [0.29, 0.717) is 5.56 Å². The number of aryl methyl sites for hydroxylation is 2. The van der Waals surface area contributed by atoms with E-state index in [2.05, 4.69) is 11.4 Å². The maximum Gasteiger partial charge on any atom is 0.255 e. The summed E-state index contributed by atoms with van der Waals surface area (Å²) in [6.45, 7) is 4.04. The largest absolute Gasteiger partial charge is 0.324 e. The molecule has 3 rings (SSSR count). The van der Waals surface area contributed by atoms with Crippen LogP contribution < -0.4 is 5.32 Å². The normalized spacial score (nSPS) is 10.5. The zero-order chi connectivity index (χ0) is 15.5.